The van der Waals surface area contributed by atoms with Crippen molar-refractivity contribution in [1.82, 2.24) is 9.13 Å². The number of nitrogens with zero attached hydrogens (tertiary/aromatic N) is 2. The van der Waals surface area contributed by atoms with E-state index >= 15 is 0 Å². The Balaban J connectivity index is 0.00000253. The third-order valence-corrected chi connectivity index (χ3v) is 8.98. The Morgan fingerprint density at radius 1 is 0.684 bits per heavy atom. The number of ether oxygens (including phenoxy) is 2. The van der Waals surface area contributed by atoms with Gasteiger partial charge in [0.2, 0.25) is 0 Å². The molecule has 0 amide bonds. The molecule has 18 heteroatoms. The molecule has 4 rings (SSSR count). The van der Waals surface area contributed by atoms with Gasteiger partial charge in [-0.3, -0.25) is 10.8 Å². The first-order chi connectivity index (χ1) is 16.9. The maximum atomic E-state index is 12.4. The van der Waals surface area contributed by atoms with E-state index in [-0.39, 0.29) is 55.1 Å². The van der Waals surface area contributed by atoms with E-state index in [9.17, 15) is 26.3 Å². The Labute approximate surface area is 247 Å². The predicted octanol–water partition coefficient (Wildman–Crippen LogP) is 7.71. The molecule has 0 unspecified atom stereocenters. The van der Waals surface area contributed by atoms with E-state index in [1.54, 1.807) is 30.7 Å². The van der Waals surface area contributed by atoms with Crippen LogP contribution in [0.3, 0.4) is 0 Å². The van der Waals surface area contributed by atoms with Gasteiger partial charge in [-0.05, 0) is 36.4 Å². The summed E-state index contributed by atoms with van der Waals surface area (Å²) in [5.74, 6) is 0.609. The van der Waals surface area contributed by atoms with Crippen LogP contribution in [0.1, 0.15) is 0 Å². The number of aromatic nitrogens is 2. The van der Waals surface area contributed by atoms with Gasteiger partial charge in [0.25, 0.3) is 0 Å². The number of rotatable bonds is 9. The molecule has 0 spiro atoms. The van der Waals surface area contributed by atoms with Gasteiger partial charge in [0.05, 0.1) is 20.4 Å². The Kier molecular flexibility index (Phi) is 11.5. The minimum atomic E-state index is -4.78. The second-order valence-corrected chi connectivity index (χ2v) is 11.9. The molecular weight excluding hydrogens is 730 g/mol. The number of nitrogens with one attached hydrogen (secondary N) is 2. The van der Waals surface area contributed by atoms with Crippen LogP contribution in [0, 0.1) is 10.8 Å². The van der Waals surface area contributed by atoms with Gasteiger partial charge in [-0.2, -0.15) is 0 Å². The van der Waals surface area contributed by atoms with E-state index in [0.29, 0.717) is 45.0 Å². The molecule has 0 atom stereocenters. The third kappa shape index (κ3) is 8.58. The number of benzene rings is 2. The molecule has 38 heavy (non-hydrogen) atoms. The van der Waals surface area contributed by atoms with Crippen LogP contribution in [0.4, 0.5) is 26.3 Å². The molecule has 0 fully saturated rings. The summed E-state index contributed by atoms with van der Waals surface area (Å²) in [7, 11) is 3.10. The zero-order chi connectivity index (χ0) is 26.1. The number of hydrogen-bond donors (Lipinski definition) is 2. The third-order valence-electron chi connectivity index (χ3n) is 4.69. The van der Waals surface area contributed by atoms with Crippen LogP contribution in [-0.4, -0.2) is 33.4 Å². The molecule has 2 aromatic carbocycles. The van der Waals surface area contributed by atoms with Gasteiger partial charge in [0.1, 0.15) is 11.5 Å². The fourth-order valence-electron chi connectivity index (χ4n) is 3.35. The highest BCUT2D eigenvalue weighted by Gasteiger charge is 2.32. The van der Waals surface area contributed by atoms with E-state index in [0.717, 1.165) is 22.7 Å². The van der Waals surface area contributed by atoms with E-state index in [1.165, 1.54) is 36.4 Å². The molecule has 0 aliphatic carbocycles. The van der Waals surface area contributed by atoms with Crippen LogP contribution < -0.4 is 19.1 Å². The number of halogens is 8. The van der Waals surface area contributed by atoms with E-state index in [2.05, 4.69) is 9.47 Å². The maximum absolute atomic E-state index is 12.4. The normalized spacial score (nSPS) is 11.8. The van der Waals surface area contributed by atoms with Gasteiger partial charge in [0, 0.05) is 24.6 Å². The van der Waals surface area contributed by atoms with Crippen LogP contribution in [0.2, 0.25) is 0 Å². The Morgan fingerprint density at radius 3 is 1.39 bits per heavy atom. The second kappa shape index (κ2) is 13.3. The number of alkyl halides is 6. The molecule has 0 aliphatic heterocycles. The monoisotopic (exact) mass is 746 g/mol. The standard InChI is InChI=1S/C20H16F6N4O2S4.2BrH/c21-19(22,23)31-11-1-3-13-15(9-11)35-17(27)29(13)5-7-33-34-8-6-30-14-4-2-12(32-20(24,25)26)10-16(14)36-18(30)28;;/h1-4,9-10,27-28H,5-8H2;2*1H. The lowest BCUT2D eigenvalue weighted by atomic mass is 10.3. The van der Waals surface area contributed by atoms with Gasteiger partial charge in [0.15, 0.2) is 9.60 Å². The lowest BCUT2D eigenvalue weighted by Gasteiger charge is -2.09. The first kappa shape index (κ1) is 32.9. The van der Waals surface area contributed by atoms with Crippen molar-refractivity contribution < 1.29 is 35.8 Å². The van der Waals surface area contributed by atoms with Crippen molar-refractivity contribution in [3.05, 3.63) is 46.0 Å². The van der Waals surface area contributed by atoms with Crippen molar-refractivity contribution in [3.63, 3.8) is 0 Å². The van der Waals surface area contributed by atoms with E-state index < -0.39 is 12.7 Å². The molecule has 0 bridgehead atoms. The van der Waals surface area contributed by atoms with Crippen molar-refractivity contribution in [2.45, 2.75) is 25.8 Å². The highest BCUT2D eigenvalue weighted by molar-refractivity contribution is 8.93. The van der Waals surface area contributed by atoms with Gasteiger partial charge in [-0.15, -0.1) is 60.3 Å². The van der Waals surface area contributed by atoms with Crippen LogP contribution in [0.25, 0.3) is 20.4 Å². The largest absolute Gasteiger partial charge is 0.573 e. The smallest absolute Gasteiger partial charge is 0.406 e. The number of thiazole rings is 2. The summed E-state index contributed by atoms with van der Waals surface area (Å²) in [6.45, 7) is 0.965. The summed E-state index contributed by atoms with van der Waals surface area (Å²) in [5.41, 5.74) is 1.30. The zero-order valence-corrected chi connectivity index (χ0v) is 25.4. The molecule has 4 aromatic rings. The Bertz CT molecular complexity index is 1390. The first-order valence-electron chi connectivity index (χ1n) is 10.0. The molecule has 0 aliphatic rings. The van der Waals surface area contributed by atoms with Crippen molar-refractivity contribution in [2.75, 3.05) is 11.5 Å². The highest BCUT2D eigenvalue weighted by Crippen LogP contribution is 2.30. The minimum Gasteiger partial charge on any atom is -0.406 e. The topological polar surface area (TPSA) is 76.0 Å². The summed E-state index contributed by atoms with van der Waals surface area (Å²) in [6, 6.07) is 7.98. The van der Waals surface area contributed by atoms with E-state index in [1.807, 2.05) is 0 Å². The van der Waals surface area contributed by atoms with Gasteiger partial charge in [-0.1, -0.05) is 44.3 Å². The summed E-state index contributed by atoms with van der Waals surface area (Å²) < 4.78 is 86.9. The number of aryl methyl sites for hydroxylation is 2. The summed E-state index contributed by atoms with van der Waals surface area (Å²) in [6.07, 6.45) is -9.56. The van der Waals surface area contributed by atoms with Gasteiger partial charge < -0.3 is 18.6 Å². The molecule has 0 saturated carbocycles. The van der Waals surface area contributed by atoms with E-state index in [4.69, 9.17) is 10.8 Å². The van der Waals surface area contributed by atoms with Crippen molar-refractivity contribution >= 4 is 98.7 Å². The highest BCUT2D eigenvalue weighted by atomic mass is 79.9. The molecule has 0 radical (unpaired) electrons. The van der Waals surface area contributed by atoms with Gasteiger partial charge in [-0.25, -0.2) is 0 Å². The van der Waals surface area contributed by atoms with Gasteiger partial charge >= 0.3 is 12.7 Å². The Morgan fingerprint density at radius 2 is 1.05 bits per heavy atom. The fraction of sp³-hybridized carbons (Fsp3) is 0.300. The molecule has 2 N–H and O–H groups in total. The maximum Gasteiger partial charge on any atom is 0.573 e. The summed E-state index contributed by atoms with van der Waals surface area (Å²) in [4.78, 5) is 0.431. The van der Waals surface area contributed by atoms with Crippen LogP contribution in [-0.2, 0) is 13.1 Å². The average molecular weight is 748 g/mol. The Hall–Kier alpha value is -1.34. The lowest BCUT2D eigenvalue weighted by molar-refractivity contribution is -0.275. The molecule has 6 nitrogen and oxygen atoms in total. The van der Waals surface area contributed by atoms with Crippen molar-refractivity contribution in [1.29, 1.82) is 10.8 Å². The summed E-state index contributed by atoms with van der Waals surface area (Å²) >= 11 is 2.13. The van der Waals surface area contributed by atoms with Crippen molar-refractivity contribution in [2.24, 2.45) is 0 Å². The minimum absolute atomic E-state index is 0. The van der Waals surface area contributed by atoms with Crippen LogP contribution in [0.5, 0.6) is 11.5 Å². The molecule has 2 aromatic heterocycles. The van der Waals surface area contributed by atoms with Crippen LogP contribution in [0.15, 0.2) is 36.4 Å². The molecule has 2 heterocycles. The SMILES string of the molecule is Br.Br.N=c1sc2cc(OC(F)(F)F)ccc2n1CCSSCCn1c(=N)sc2cc(OC(F)(F)F)ccc21. The first-order valence-corrected chi connectivity index (χ1v) is 14.1. The fourth-order valence-corrected chi connectivity index (χ4v) is 7.19. The van der Waals surface area contributed by atoms with Crippen LogP contribution >= 0.6 is 78.2 Å². The molecular formula is C20H18Br2F6N4O2S4. The van der Waals surface area contributed by atoms with Crippen molar-refractivity contribution in [3.8, 4) is 11.5 Å². The lowest BCUT2D eigenvalue weighted by Crippen LogP contribution is -2.17. The average Bonchev–Trinajstić information content (AvgIpc) is 3.22. The molecule has 0 saturated heterocycles. The zero-order valence-electron chi connectivity index (χ0n) is 18.7. The predicted molar refractivity (Wildman–Crippen MR) is 150 cm³/mol. The number of hydrogen-bond acceptors (Lipinski definition) is 8. The second-order valence-electron chi connectivity index (χ2n) is 7.12. The molecule has 210 valence electrons. The quantitative estimate of drug-likeness (QED) is 0.105. The summed E-state index contributed by atoms with van der Waals surface area (Å²) in [5, 5.41) is 16.3. The number of fused-ring (bicyclic) bond motifs is 2.